The number of benzene rings is 1. The van der Waals surface area contributed by atoms with Gasteiger partial charge in [0.05, 0.1) is 19.6 Å². The number of phenolic OH excluding ortho intramolecular Hbond substituents is 1. The van der Waals surface area contributed by atoms with E-state index >= 15 is 0 Å². The van der Waals surface area contributed by atoms with Crippen LogP contribution in [0.25, 0.3) is 0 Å². The smallest absolute Gasteiger partial charge is 0.306 e. The van der Waals surface area contributed by atoms with Gasteiger partial charge < -0.3 is 14.6 Å². The Bertz CT molecular complexity index is 417. The highest BCUT2D eigenvalue weighted by Gasteiger charge is 2.28. The molecule has 1 rings (SSSR count). The quantitative estimate of drug-likeness (QED) is 0.812. The van der Waals surface area contributed by atoms with Gasteiger partial charge in [-0.05, 0) is 36.6 Å². The summed E-state index contributed by atoms with van der Waals surface area (Å²) < 4.78 is 10.7. The maximum atomic E-state index is 11.6. The van der Waals surface area contributed by atoms with E-state index in [0.29, 0.717) is 25.4 Å². The monoisotopic (exact) mass is 280 g/mol. The van der Waals surface area contributed by atoms with Crippen LogP contribution in [-0.4, -0.2) is 24.3 Å². The molecule has 0 aliphatic heterocycles. The molecule has 1 aromatic carbocycles. The number of hydrogen-bond donors (Lipinski definition) is 1. The van der Waals surface area contributed by atoms with Gasteiger partial charge in [-0.1, -0.05) is 20.8 Å². The topological polar surface area (TPSA) is 55.8 Å². The van der Waals surface area contributed by atoms with E-state index in [1.165, 1.54) is 0 Å². The number of phenols is 1. The first-order valence-electron chi connectivity index (χ1n) is 6.90. The third kappa shape index (κ3) is 5.51. The second kappa shape index (κ2) is 7.17. The predicted molar refractivity (Wildman–Crippen MR) is 77.8 cm³/mol. The van der Waals surface area contributed by atoms with Gasteiger partial charge >= 0.3 is 5.97 Å². The molecule has 1 atom stereocenters. The van der Waals surface area contributed by atoms with Gasteiger partial charge in [0.1, 0.15) is 11.5 Å². The highest BCUT2D eigenvalue weighted by atomic mass is 16.5. The average molecular weight is 280 g/mol. The van der Waals surface area contributed by atoms with E-state index in [4.69, 9.17) is 9.47 Å². The van der Waals surface area contributed by atoms with Crippen LogP contribution in [0.15, 0.2) is 24.3 Å². The molecular weight excluding hydrogens is 256 g/mol. The normalized spacial score (nSPS) is 12.8. The number of aromatic hydroxyl groups is 1. The van der Waals surface area contributed by atoms with Crippen molar-refractivity contribution in [2.45, 2.75) is 34.1 Å². The fourth-order valence-electron chi connectivity index (χ4n) is 1.78. The van der Waals surface area contributed by atoms with Crippen molar-refractivity contribution < 1.29 is 19.4 Å². The standard InChI is InChI=1S/C16H24O4/c1-5-19-15(18)10-12(16(2,3)4)11-20-14-8-6-13(17)7-9-14/h6-9,12,17H,5,10-11H2,1-4H3. The van der Waals surface area contributed by atoms with Crippen LogP contribution in [0.3, 0.4) is 0 Å². The van der Waals surface area contributed by atoms with E-state index in [-0.39, 0.29) is 23.1 Å². The fraction of sp³-hybridized carbons (Fsp3) is 0.562. The average Bonchev–Trinajstić information content (AvgIpc) is 2.35. The maximum Gasteiger partial charge on any atom is 0.306 e. The van der Waals surface area contributed by atoms with Gasteiger partial charge in [-0.2, -0.15) is 0 Å². The first-order valence-corrected chi connectivity index (χ1v) is 6.90. The summed E-state index contributed by atoms with van der Waals surface area (Å²) in [5.41, 5.74) is -0.0519. The summed E-state index contributed by atoms with van der Waals surface area (Å²) in [6, 6.07) is 6.57. The highest BCUT2D eigenvalue weighted by molar-refractivity contribution is 5.69. The Labute approximate surface area is 120 Å². The van der Waals surface area contributed by atoms with E-state index in [9.17, 15) is 9.90 Å². The minimum Gasteiger partial charge on any atom is -0.508 e. The van der Waals surface area contributed by atoms with Crippen LogP contribution in [0, 0.1) is 11.3 Å². The zero-order valence-electron chi connectivity index (χ0n) is 12.7. The Balaban J connectivity index is 2.61. The lowest BCUT2D eigenvalue weighted by molar-refractivity contribution is -0.145. The Morgan fingerprint density at radius 3 is 2.35 bits per heavy atom. The van der Waals surface area contributed by atoms with Crippen LogP contribution in [-0.2, 0) is 9.53 Å². The van der Waals surface area contributed by atoms with Crippen molar-refractivity contribution >= 4 is 5.97 Å². The molecule has 0 aliphatic carbocycles. The van der Waals surface area contributed by atoms with Crippen molar-refractivity contribution in [2.75, 3.05) is 13.2 Å². The lowest BCUT2D eigenvalue weighted by Crippen LogP contribution is -2.29. The molecule has 0 aliphatic rings. The molecule has 112 valence electrons. The first-order chi connectivity index (χ1) is 9.32. The number of carbonyl (C=O) groups excluding carboxylic acids is 1. The summed E-state index contributed by atoms with van der Waals surface area (Å²) in [4.78, 5) is 11.6. The third-order valence-electron chi connectivity index (χ3n) is 3.23. The van der Waals surface area contributed by atoms with Crippen molar-refractivity contribution in [1.29, 1.82) is 0 Å². The van der Waals surface area contributed by atoms with E-state index in [2.05, 4.69) is 20.8 Å². The zero-order chi connectivity index (χ0) is 15.2. The van der Waals surface area contributed by atoms with Gasteiger partial charge in [0, 0.05) is 5.92 Å². The molecule has 0 aromatic heterocycles. The van der Waals surface area contributed by atoms with E-state index in [0.717, 1.165) is 0 Å². The molecule has 1 N–H and O–H groups in total. The Morgan fingerprint density at radius 1 is 1.25 bits per heavy atom. The molecule has 20 heavy (non-hydrogen) atoms. The van der Waals surface area contributed by atoms with Crippen molar-refractivity contribution in [1.82, 2.24) is 0 Å². The van der Waals surface area contributed by atoms with Gasteiger partial charge in [-0.25, -0.2) is 0 Å². The fourth-order valence-corrected chi connectivity index (χ4v) is 1.78. The Kier molecular flexibility index (Phi) is 5.86. The Morgan fingerprint density at radius 2 is 1.85 bits per heavy atom. The van der Waals surface area contributed by atoms with Crippen LogP contribution in [0.4, 0.5) is 0 Å². The molecular formula is C16H24O4. The second-order valence-electron chi connectivity index (χ2n) is 5.88. The molecule has 1 unspecified atom stereocenters. The van der Waals surface area contributed by atoms with E-state index in [1.807, 2.05) is 0 Å². The molecule has 0 fully saturated rings. The molecule has 0 spiro atoms. The van der Waals surface area contributed by atoms with Crippen molar-refractivity contribution in [3.8, 4) is 11.5 Å². The lowest BCUT2D eigenvalue weighted by atomic mass is 9.79. The molecule has 0 radical (unpaired) electrons. The summed E-state index contributed by atoms with van der Waals surface area (Å²) in [5.74, 6) is 0.759. The van der Waals surface area contributed by atoms with Gasteiger partial charge in [0.2, 0.25) is 0 Å². The summed E-state index contributed by atoms with van der Waals surface area (Å²) in [6.07, 6.45) is 0.343. The number of rotatable bonds is 6. The Hall–Kier alpha value is -1.71. The van der Waals surface area contributed by atoms with Gasteiger partial charge in [-0.15, -0.1) is 0 Å². The van der Waals surface area contributed by atoms with Gasteiger partial charge in [0.15, 0.2) is 0 Å². The molecule has 1 aromatic rings. The first kappa shape index (κ1) is 16.3. The highest BCUT2D eigenvalue weighted by Crippen LogP contribution is 2.30. The van der Waals surface area contributed by atoms with Gasteiger partial charge in [0.25, 0.3) is 0 Å². The SMILES string of the molecule is CCOC(=O)CC(COc1ccc(O)cc1)C(C)(C)C. The summed E-state index contributed by atoms with van der Waals surface area (Å²) in [7, 11) is 0. The molecule has 0 bridgehead atoms. The largest absolute Gasteiger partial charge is 0.508 e. The van der Waals surface area contributed by atoms with Crippen molar-refractivity contribution in [3.05, 3.63) is 24.3 Å². The van der Waals surface area contributed by atoms with Crippen molar-refractivity contribution in [3.63, 3.8) is 0 Å². The van der Waals surface area contributed by atoms with Crippen molar-refractivity contribution in [2.24, 2.45) is 11.3 Å². The maximum absolute atomic E-state index is 11.6. The molecule has 0 amide bonds. The molecule has 0 saturated heterocycles. The molecule has 4 heteroatoms. The molecule has 4 nitrogen and oxygen atoms in total. The van der Waals surface area contributed by atoms with Crippen LogP contribution >= 0.6 is 0 Å². The number of hydrogen-bond acceptors (Lipinski definition) is 4. The van der Waals surface area contributed by atoms with Gasteiger partial charge in [-0.3, -0.25) is 4.79 Å². The zero-order valence-corrected chi connectivity index (χ0v) is 12.7. The predicted octanol–water partition coefficient (Wildman–Crippen LogP) is 3.39. The number of ether oxygens (including phenoxy) is 2. The summed E-state index contributed by atoms with van der Waals surface area (Å²) in [6.45, 7) is 8.88. The summed E-state index contributed by atoms with van der Waals surface area (Å²) in [5, 5.41) is 9.22. The molecule has 0 heterocycles. The minimum atomic E-state index is -0.193. The minimum absolute atomic E-state index is 0.0519. The van der Waals surface area contributed by atoms with Crippen LogP contribution in [0.5, 0.6) is 11.5 Å². The number of esters is 1. The molecule has 0 saturated carbocycles. The van der Waals surface area contributed by atoms with Crippen LogP contribution < -0.4 is 4.74 Å². The van der Waals surface area contributed by atoms with E-state index < -0.39 is 0 Å². The number of carbonyl (C=O) groups is 1. The van der Waals surface area contributed by atoms with Crippen LogP contribution in [0.2, 0.25) is 0 Å². The summed E-state index contributed by atoms with van der Waals surface area (Å²) >= 11 is 0. The van der Waals surface area contributed by atoms with Crippen LogP contribution in [0.1, 0.15) is 34.1 Å². The third-order valence-corrected chi connectivity index (χ3v) is 3.23. The lowest BCUT2D eigenvalue weighted by Gasteiger charge is -2.29. The second-order valence-corrected chi connectivity index (χ2v) is 5.88. The van der Waals surface area contributed by atoms with E-state index in [1.54, 1.807) is 31.2 Å².